The van der Waals surface area contributed by atoms with Gasteiger partial charge in [-0.3, -0.25) is 0 Å². The number of nitrogens with one attached hydrogen (secondary N) is 1. The van der Waals surface area contributed by atoms with E-state index < -0.39 is 10.0 Å². The van der Waals surface area contributed by atoms with Crippen molar-refractivity contribution in [2.75, 3.05) is 19.6 Å². The number of nitrogens with zero attached hydrogens (tertiary/aromatic N) is 2. The van der Waals surface area contributed by atoms with Crippen LogP contribution in [-0.4, -0.2) is 43.6 Å². The molecular formula is C11H19N3O3S. The molecule has 1 aromatic rings. The van der Waals surface area contributed by atoms with Crippen LogP contribution in [0.15, 0.2) is 9.42 Å². The molecule has 0 aromatic carbocycles. The highest BCUT2D eigenvalue weighted by Crippen LogP contribution is 2.25. The molecule has 0 amide bonds. The maximum atomic E-state index is 12.7. The average Bonchev–Trinajstić information content (AvgIpc) is 2.55. The second-order valence-corrected chi connectivity index (χ2v) is 6.41. The average molecular weight is 273 g/mol. The van der Waals surface area contributed by atoms with Crippen LogP contribution in [0, 0.1) is 13.8 Å². The Morgan fingerprint density at radius 1 is 1.44 bits per heavy atom. The second-order valence-electron chi connectivity index (χ2n) is 4.58. The maximum Gasteiger partial charge on any atom is 0.248 e. The Bertz CT molecular complexity index is 500. The SMILES string of the molecule is CCCN(C1CNC1)S(=O)(=O)c1c(C)noc1C. The summed E-state index contributed by atoms with van der Waals surface area (Å²) in [4.78, 5) is 0.225. The fourth-order valence-corrected chi connectivity index (χ4v) is 4.17. The first-order valence-electron chi connectivity index (χ1n) is 6.14. The van der Waals surface area contributed by atoms with Gasteiger partial charge in [0.05, 0.1) is 6.04 Å². The lowest BCUT2D eigenvalue weighted by atomic mass is 10.2. The molecule has 6 nitrogen and oxygen atoms in total. The molecule has 2 rings (SSSR count). The van der Waals surface area contributed by atoms with Crippen LogP contribution in [0.2, 0.25) is 0 Å². The number of aryl methyl sites for hydroxylation is 2. The fraction of sp³-hybridized carbons (Fsp3) is 0.727. The van der Waals surface area contributed by atoms with E-state index in [1.807, 2.05) is 6.92 Å². The van der Waals surface area contributed by atoms with E-state index in [4.69, 9.17) is 4.52 Å². The summed E-state index contributed by atoms with van der Waals surface area (Å²) in [5.41, 5.74) is 0.431. The van der Waals surface area contributed by atoms with E-state index >= 15 is 0 Å². The van der Waals surface area contributed by atoms with Crippen LogP contribution in [-0.2, 0) is 10.0 Å². The predicted octanol–water partition coefficient (Wildman–Crippen LogP) is 0.664. The minimum absolute atomic E-state index is 0.0450. The summed E-state index contributed by atoms with van der Waals surface area (Å²) in [6.45, 7) is 7.22. The van der Waals surface area contributed by atoms with Gasteiger partial charge in [-0.2, -0.15) is 4.31 Å². The molecule has 0 bridgehead atoms. The molecule has 0 atom stereocenters. The summed E-state index contributed by atoms with van der Waals surface area (Å²) < 4.78 is 31.9. The third kappa shape index (κ3) is 2.17. The highest BCUT2D eigenvalue weighted by atomic mass is 32.2. The third-order valence-corrected chi connectivity index (χ3v) is 5.34. The highest BCUT2D eigenvalue weighted by molar-refractivity contribution is 7.89. The summed E-state index contributed by atoms with van der Waals surface area (Å²) >= 11 is 0. The summed E-state index contributed by atoms with van der Waals surface area (Å²) in [6, 6.07) is 0.0450. The minimum Gasteiger partial charge on any atom is -0.360 e. The molecule has 1 aromatic heterocycles. The smallest absolute Gasteiger partial charge is 0.248 e. The number of rotatable bonds is 5. The van der Waals surface area contributed by atoms with Crippen LogP contribution in [0.3, 0.4) is 0 Å². The van der Waals surface area contributed by atoms with E-state index in [1.54, 1.807) is 18.2 Å². The maximum absolute atomic E-state index is 12.7. The number of hydrogen-bond donors (Lipinski definition) is 1. The van der Waals surface area contributed by atoms with Gasteiger partial charge in [-0.25, -0.2) is 8.42 Å². The van der Waals surface area contributed by atoms with Crippen LogP contribution in [0.4, 0.5) is 0 Å². The molecule has 2 heterocycles. The molecule has 0 aliphatic carbocycles. The van der Waals surface area contributed by atoms with Crippen molar-refractivity contribution in [3.63, 3.8) is 0 Å². The van der Waals surface area contributed by atoms with Crippen molar-refractivity contribution in [1.29, 1.82) is 0 Å². The van der Waals surface area contributed by atoms with Gasteiger partial charge < -0.3 is 9.84 Å². The minimum atomic E-state index is -3.50. The van der Waals surface area contributed by atoms with E-state index in [-0.39, 0.29) is 10.9 Å². The van der Waals surface area contributed by atoms with Gasteiger partial charge in [0.15, 0.2) is 5.76 Å². The lowest BCUT2D eigenvalue weighted by Crippen LogP contribution is -2.58. The summed E-state index contributed by atoms with van der Waals surface area (Å²) in [5.74, 6) is 0.362. The van der Waals surface area contributed by atoms with Crippen LogP contribution in [0.25, 0.3) is 0 Å². The van der Waals surface area contributed by atoms with E-state index in [0.29, 0.717) is 31.1 Å². The number of sulfonamides is 1. The van der Waals surface area contributed by atoms with Crippen molar-refractivity contribution in [3.8, 4) is 0 Å². The van der Waals surface area contributed by atoms with E-state index in [1.165, 1.54) is 0 Å². The summed E-state index contributed by atoms with van der Waals surface area (Å²) in [6.07, 6.45) is 0.791. The van der Waals surface area contributed by atoms with E-state index in [9.17, 15) is 8.42 Å². The van der Waals surface area contributed by atoms with E-state index in [0.717, 1.165) is 6.42 Å². The van der Waals surface area contributed by atoms with Gasteiger partial charge in [0.2, 0.25) is 10.0 Å². The Hall–Kier alpha value is -0.920. The van der Waals surface area contributed by atoms with Gasteiger partial charge in [0.1, 0.15) is 10.6 Å². The van der Waals surface area contributed by atoms with Crippen molar-refractivity contribution in [3.05, 3.63) is 11.5 Å². The summed E-state index contributed by atoms with van der Waals surface area (Å²) in [7, 11) is -3.50. The molecule has 7 heteroatoms. The molecule has 1 N–H and O–H groups in total. The Labute approximate surface area is 107 Å². The molecule has 102 valence electrons. The molecule has 0 spiro atoms. The van der Waals surface area contributed by atoms with Crippen LogP contribution in [0.1, 0.15) is 24.8 Å². The lowest BCUT2D eigenvalue weighted by Gasteiger charge is -2.37. The summed E-state index contributed by atoms with van der Waals surface area (Å²) in [5, 5.41) is 6.83. The molecule has 1 saturated heterocycles. The molecule has 0 saturated carbocycles. The van der Waals surface area contributed by atoms with Crippen molar-refractivity contribution >= 4 is 10.0 Å². The zero-order valence-corrected chi connectivity index (χ0v) is 11.7. The van der Waals surface area contributed by atoms with Gasteiger partial charge in [0.25, 0.3) is 0 Å². The zero-order chi connectivity index (χ0) is 13.3. The van der Waals surface area contributed by atoms with Crippen LogP contribution < -0.4 is 5.32 Å². The van der Waals surface area contributed by atoms with Crippen molar-refractivity contribution in [1.82, 2.24) is 14.8 Å². The van der Waals surface area contributed by atoms with E-state index in [2.05, 4.69) is 10.5 Å². The molecule has 1 fully saturated rings. The van der Waals surface area contributed by atoms with Crippen LogP contribution in [0.5, 0.6) is 0 Å². The van der Waals surface area contributed by atoms with Crippen molar-refractivity contribution in [2.24, 2.45) is 0 Å². The fourth-order valence-electron chi connectivity index (χ4n) is 2.16. The Balaban J connectivity index is 2.38. The first-order valence-corrected chi connectivity index (χ1v) is 7.58. The Kier molecular flexibility index (Phi) is 3.74. The molecule has 0 radical (unpaired) electrons. The molecular weight excluding hydrogens is 254 g/mol. The highest BCUT2D eigenvalue weighted by Gasteiger charge is 2.37. The van der Waals surface area contributed by atoms with Gasteiger partial charge in [-0.15, -0.1) is 0 Å². The lowest BCUT2D eigenvalue weighted by molar-refractivity contribution is 0.241. The molecule has 1 aliphatic heterocycles. The number of aromatic nitrogens is 1. The predicted molar refractivity (Wildman–Crippen MR) is 66.8 cm³/mol. The Morgan fingerprint density at radius 2 is 2.11 bits per heavy atom. The largest absolute Gasteiger partial charge is 0.360 e. The topological polar surface area (TPSA) is 75.4 Å². The van der Waals surface area contributed by atoms with Gasteiger partial charge in [0, 0.05) is 19.6 Å². The molecule has 0 unspecified atom stereocenters. The number of hydrogen-bond acceptors (Lipinski definition) is 5. The first kappa shape index (κ1) is 13.5. The zero-order valence-electron chi connectivity index (χ0n) is 10.9. The molecule has 18 heavy (non-hydrogen) atoms. The van der Waals surface area contributed by atoms with Crippen molar-refractivity contribution in [2.45, 2.75) is 38.1 Å². The van der Waals surface area contributed by atoms with Gasteiger partial charge in [-0.1, -0.05) is 12.1 Å². The standard InChI is InChI=1S/C11H19N3O3S/c1-4-5-14(10-6-12-7-10)18(15,16)11-8(2)13-17-9(11)3/h10,12H,4-7H2,1-3H3. The quantitative estimate of drug-likeness (QED) is 0.853. The Morgan fingerprint density at radius 3 is 2.50 bits per heavy atom. The van der Waals surface area contributed by atoms with Gasteiger partial charge >= 0.3 is 0 Å². The van der Waals surface area contributed by atoms with Crippen molar-refractivity contribution < 1.29 is 12.9 Å². The molecule has 1 aliphatic rings. The normalized spacial score (nSPS) is 17.1. The van der Waals surface area contributed by atoms with Gasteiger partial charge in [-0.05, 0) is 20.3 Å². The monoisotopic (exact) mass is 273 g/mol. The third-order valence-electron chi connectivity index (χ3n) is 3.15. The van der Waals surface area contributed by atoms with Crippen LogP contribution >= 0.6 is 0 Å². The second kappa shape index (κ2) is 4.99. The first-order chi connectivity index (χ1) is 8.48.